The van der Waals surface area contributed by atoms with Gasteiger partial charge < -0.3 is 9.88 Å². The van der Waals surface area contributed by atoms with Gasteiger partial charge in [-0.2, -0.15) is 0 Å². The molecule has 1 N–H and O–H groups in total. The average Bonchev–Trinajstić information content (AvgIpc) is 3.11. The minimum atomic E-state index is -0.0694. The third-order valence-electron chi connectivity index (χ3n) is 4.19. The maximum atomic E-state index is 12.5. The van der Waals surface area contributed by atoms with Gasteiger partial charge >= 0.3 is 0 Å². The van der Waals surface area contributed by atoms with Crippen LogP contribution < -0.4 is 5.32 Å². The van der Waals surface area contributed by atoms with E-state index >= 15 is 0 Å². The van der Waals surface area contributed by atoms with Crippen molar-refractivity contribution in [3.63, 3.8) is 0 Å². The Balaban J connectivity index is 1.77. The molecule has 0 saturated carbocycles. The molecular weight excluding hydrogens is 318 g/mol. The van der Waals surface area contributed by atoms with Crippen molar-refractivity contribution < 1.29 is 4.79 Å². The van der Waals surface area contributed by atoms with E-state index in [4.69, 9.17) is 0 Å². The number of nitrogens with zero attached hydrogens (tertiary/aromatic N) is 2. The summed E-state index contributed by atoms with van der Waals surface area (Å²) >= 11 is 1.64. The number of aromatic nitrogens is 2. The predicted octanol–water partition coefficient (Wildman–Crippen LogP) is 4.81. The lowest BCUT2D eigenvalue weighted by atomic mass is 10.1. The summed E-state index contributed by atoms with van der Waals surface area (Å²) in [6, 6.07) is 9.75. The molecule has 1 aromatic carbocycles. The summed E-state index contributed by atoms with van der Waals surface area (Å²) in [6.45, 7) is 8.96. The fraction of sp³-hybridized carbons (Fsp3) is 0.263. The number of carbonyl (C=O) groups excluding carboxylic acids is 1. The van der Waals surface area contributed by atoms with Gasteiger partial charge in [-0.05, 0) is 45.9 Å². The molecule has 4 nitrogen and oxygen atoms in total. The molecule has 0 saturated heterocycles. The third-order valence-corrected chi connectivity index (χ3v) is 4.97. The molecule has 124 valence electrons. The van der Waals surface area contributed by atoms with E-state index in [2.05, 4.69) is 21.8 Å². The normalized spacial score (nSPS) is 10.8. The van der Waals surface area contributed by atoms with E-state index in [1.54, 1.807) is 11.3 Å². The maximum absolute atomic E-state index is 12.5. The van der Waals surface area contributed by atoms with Crippen LogP contribution in [0.1, 0.15) is 33.7 Å². The second kappa shape index (κ2) is 6.61. The smallest absolute Gasteiger partial charge is 0.257 e. The van der Waals surface area contributed by atoms with Crippen molar-refractivity contribution in [1.82, 2.24) is 9.55 Å². The number of carbonyl (C=O) groups is 1. The van der Waals surface area contributed by atoms with Gasteiger partial charge in [-0.15, -0.1) is 11.3 Å². The monoisotopic (exact) mass is 339 g/mol. The Morgan fingerprint density at radius 3 is 2.46 bits per heavy atom. The fourth-order valence-electron chi connectivity index (χ4n) is 2.94. The van der Waals surface area contributed by atoms with Crippen molar-refractivity contribution in [2.45, 2.75) is 34.2 Å². The first-order chi connectivity index (χ1) is 11.5. The van der Waals surface area contributed by atoms with Crippen molar-refractivity contribution in [2.75, 3.05) is 5.32 Å². The summed E-state index contributed by atoms with van der Waals surface area (Å²) in [7, 11) is 0. The number of hydrogen-bond acceptors (Lipinski definition) is 3. The zero-order valence-electron chi connectivity index (χ0n) is 14.4. The molecule has 3 aromatic rings. The van der Waals surface area contributed by atoms with E-state index in [0.29, 0.717) is 0 Å². The molecule has 0 atom stereocenters. The van der Waals surface area contributed by atoms with Crippen LogP contribution in [-0.2, 0) is 6.54 Å². The van der Waals surface area contributed by atoms with Crippen LogP contribution in [0.5, 0.6) is 0 Å². The molecule has 0 bridgehead atoms. The van der Waals surface area contributed by atoms with Crippen LogP contribution in [0.25, 0.3) is 11.3 Å². The SMILES string of the molecule is CCn1c(C)cc(C(=O)Nc2ccc(-c3csc(C)n3)cc2)c1C. The van der Waals surface area contributed by atoms with Crippen molar-refractivity contribution in [3.8, 4) is 11.3 Å². The summed E-state index contributed by atoms with van der Waals surface area (Å²) in [6.07, 6.45) is 0. The van der Waals surface area contributed by atoms with Crippen molar-refractivity contribution in [2.24, 2.45) is 0 Å². The molecule has 24 heavy (non-hydrogen) atoms. The van der Waals surface area contributed by atoms with E-state index in [9.17, 15) is 4.79 Å². The standard InChI is InChI=1S/C19H21N3OS/c1-5-22-12(2)10-17(13(22)3)19(23)21-16-8-6-15(7-9-16)18-11-24-14(4)20-18/h6-11H,5H2,1-4H3,(H,21,23). The lowest BCUT2D eigenvalue weighted by Gasteiger charge is -2.07. The van der Waals surface area contributed by atoms with Gasteiger partial charge in [-0.1, -0.05) is 12.1 Å². The molecule has 0 aliphatic carbocycles. The van der Waals surface area contributed by atoms with Crippen molar-refractivity contribution in [3.05, 3.63) is 57.7 Å². The molecular formula is C19H21N3OS. The quantitative estimate of drug-likeness (QED) is 0.741. The Kier molecular flexibility index (Phi) is 4.53. The van der Waals surface area contributed by atoms with E-state index in [1.807, 2.05) is 56.5 Å². The molecule has 2 heterocycles. The largest absolute Gasteiger partial charge is 0.349 e. The second-order valence-corrected chi connectivity index (χ2v) is 6.87. The number of aryl methyl sites for hydroxylation is 2. The van der Waals surface area contributed by atoms with Crippen molar-refractivity contribution >= 4 is 22.9 Å². The van der Waals surface area contributed by atoms with E-state index in [0.717, 1.165) is 45.4 Å². The summed E-state index contributed by atoms with van der Waals surface area (Å²) in [5, 5.41) is 6.07. The molecule has 0 spiro atoms. The van der Waals surface area contributed by atoms with Crippen LogP contribution in [0.15, 0.2) is 35.7 Å². The van der Waals surface area contributed by atoms with E-state index < -0.39 is 0 Å². The van der Waals surface area contributed by atoms with Crippen LogP contribution in [-0.4, -0.2) is 15.5 Å². The number of nitrogens with one attached hydrogen (secondary N) is 1. The Hall–Kier alpha value is -2.40. The molecule has 0 aliphatic rings. The van der Waals surface area contributed by atoms with Crippen LogP contribution in [0.3, 0.4) is 0 Å². The molecule has 3 rings (SSSR count). The fourth-order valence-corrected chi connectivity index (χ4v) is 3.56. The highest BCUT2D eigenvalue weighted by Crippen LogP contribution is 2.24. The minimum Gasteiger partial charge on any atom is -0.349 e. The van der Waals surface area contributed by atoms with Gasteiger partial charge in [0.15, 0.2) is 0 Å². The summed E-state index contributed by atoms with van der Waals surface area (Å²) in [5.41, 5.74) is 5.66. The van der Waals surface area contributed by atoms with Gasteiger partial charge in [0.1, 0.15) is 0 Å². The summed E-state index contributed by atoms with van der Waals surface area (Å²) in [4.78, 5) is 17.0. The zero-order chi connectivity index (χ0) is 17.3. The average molecular weight is 339 g/mol. The maximum Gasteiger partial charge on any atom is 0.257 e. The number of amides is 1. The second-order valence-electron chi connectivity index (χ2n) is 5.81. The Morgan fingerprint density at radius 1 is 1.21 bits per heavy atom. The van der Waals surface area contributed by atoms with Crippen LogP contribution in [0.2, 0.25) is 0 Å². The number of hydrogen-bond donors (Lipinski definition) is 1. The zero-order valence-corrected chi connectivity index (χ0v) is 15.2. The molecule has 5 heteroatoms. The van der Waals surface area contributed by atoms with Crippen LogP contribution >= 0.6 is 11.3 Å². The van der Waals surface area contributed by atoms with Crippen LogP contribution in [0, 0.1) is 20.8 Å². The number of thiazole rings is 1. The molecule has 1 amide bonds. The lowest BCUT2D eigenvalue weighted by molar-refractivity contribution is 0.102. The summed E-state index contributed by atoms with van der Waals surface area (Å²) < 4.78 is 2.14. The van der Waals surface area contributed by atoms with Gasteiger partial charge in [0, 0.05) is 34.6 Å². The van der Waals surface area contributed by atoms with Crippen LogP contribution in [0.4, 0.5) is 5.69 Å². The number of benzene rings is 1. The molecule has 0 unspecified atom stereocenters. The summed E-state index contributed by atoms with van der Waals surface area (Å²) in [5.74, 6) is -0.0694. The van der Waals surface area contributed by atoms with E-state index in [-0.39, 0.29) is 5.91 Å². The van der Waals surface area contributed by atoms with Gasteiger partial charge in [0.25, 0.3) is 5.91 Å². The first-order valence-electron chi connectivity index (χ1n) is 8.00. The van der Waals surface area contributed by atoms with Gasteiger partial charge in [-0.3, -0.25) is 4.79 Å². The van der Waals surface area contributed by atoms with Crippen molar-refractivity contribution in [1.29, 1.82) is 0 Å². The topological polar surface area (TPSA) is 46.9 Å². The number of rotatable bonds is 4. The first-order valence-corrected chi connectivity index (χ1v) is 8.88. The predicted molar refractivity (Wildman–Crippen MR) is 99.8 cm³/mol. The Labute approximate surface area is 146 Å². The van der Waals surface area contributed by atoms with Gasteiger partial charge in [0.05, 0.1) is 16.3 Å². The van der Waals surface area contributed by atoms with Gasteiger partial charge in [0.2, 0.25) is 0 Å². The molecule has 0 aliphatic heterocycles. The molecule has 0 fully saturated rings. The third kappa shape index (κ3) is 3.12. The van der Waals surface area contributed by atoms with Gasteiger partial charge in [-0.25, -0.2) is 4.98 Å². The first kappa shape index (κ1) is 16.5. The highest BCUT2D eigenvalue weighted by atomic mass is 32.1. The Bertz CT molecular complexity index is 875. The highest BCUT2D eigenvalue weighted by Gasteiger charge is 2.15. The lowest BCUT2D eigenvalue weighted by Crippen LogP contribution is -2.13. The Morgan fingerprint density at radius 2 is 1.92 bits per heavy atom. The number of anilines is 1. The highest BCUT2D eigenvalue weighted by molar-refractivity contribution is 7.09. The minimum absolute atomic E-state index is 0.0694. The molecule has 2 aromatic heterocycles. The van der Waals surface area contributed by atoms with E-state index in [1.165, 1.54) is 0 Å². The molecule has 0 radical (unpaired) electrons.